The lowest BCUT2D eigenvalue weighted by Gasteiger charge is -2.06. The number of aromatic nitrogens is 1. The van der Waals surface area contributed by atoms with Gasteiger partial charge in [0, 0.05) is 17.5 Å². The van der Waals surface area contributed by atoms with Gasteiger partial charge in [0.2, 0.25) is 0 Å². The molecule has 0 fully saturated rings. The van der Waals surface area contributed by atoms with E-state index in [9.17, 15) is 4.79 Å². The van der Waals surface area contributed by atoms with Crippen molar-refractivity contribution in [3.05, 3.63) is 52.8 Å². The number of nitriles is 1. The van der Waals surface area contributed by atoms with Crippen LogP contribution in [0.2, 0.25) is 0 Å². The number of hydrogen-bond donors (Lipinski definition) is 2. The maximum Gasteiger partial charge on any atom is 0.277 e. The molecule has 2 aromatic rings. The quantitative estimate of drug-likeness (QED) is 0.656. The third-order valence-electron chi connectivity index (χ3n) is 3.34. The predicted octanol–water partition coefficient (Wildman–Crippen LogP) is 2.42. The van der Waals surface area contributed by atoms with Crippen LogP contribution in [-0.2, 0) is 4.79 Å². The first-order valence-corrected chi connectivity index (χ1v) is 7.12. The smallest absolute Gasteiger partial charge is 0.277 e. The number of amides is 1. The fourth-order valence-electron chi connectivity index (χ4n) is 2.22. The maximum atomic E-state index is 11.8. The van der Waals surface area contributed by atoms with Crippen molar-refractivity contribution in [1.82, 2.24) is 10.4 Å². The second-order valence-electron chi connectivity index (χ2n) is 5.13. The Kier molecular flexibility index (Phi) is 5.15. The minimum absolute atomic E-state index is 0.145. The molecular weight excluding hydrogens is 292 g/mol. The molecule has 0 saturated carbocycles. The highest BCUT2D eigenvalue weighted by Gasteiger charge is 2.08. The average molecular weight is 310 g/mol. The van der Waals surface area contributed by atoms with Gasteiger partial charge in [-0.15, -0.1) is 0 Å². The second-order valence-corrected chi connectivity index (χ2v) is 5.13. The van der Waals surface area contributed by atoms with Crippen molar-refractivity contribution in [2.75, 3.05) is 6.61 Å². The monoisotopic (exact) mass is 310 g/mol. The van der Waals surface area contributed by atoms with Crippen molar-refractivity contribution < 1.29 is 9.53 Å². The highest BCUT2D eigenvalue weighted by Crippen LogP contribution is 2.13. The topological polar surface area (TPSA) is 90.3 Å². The van der Waals surface area contributed by atoms with E-state index in [0.717, 1.165) is 22.5 Å². The molecule has 2 rings (SSSR count). The minimum Gasteiger partial charge on any atom is -0.484 e. The van der Waals surface area contributed by atoms with Crippen LogP contribution in [-0.4, -0.2) is 23.2 Å². The molecule has 2 N–H and O–H groups in total. The Morgan fingerprint density at radius 2 is 2.04 bits per heavy atom. The second kappa shape index (κ2) is 7.27. The van der Waals surface area contributed by atoms with Crippen LogP contribution in [0, 0.1) is 25.2 Å². The molecule has 0 aliphatic carbocycles. The molecule has 1 aromatic carbocycles. The fraction of sp³-hybridized carbons (Fsp3) is 0.235. The molecule has 0 unspecified atom stereocenters. The van der Waals surface area contributed by atoms with Crippen LogP contribution in [0.4, 0.5) is 0 Å². The minimum atomic E-state index is -0.348. The van der Waals surface area contributed by atoms with E-state index in [1.165, 1.54) is 0 Å². The Balaban J connectivity index is 1.89. The van der Waals surface area contributed by atoms with Crippen molar-refractivity contribution in [3.63, 3.8) is 0 Å². The van der Waals surface area contributed by atoms with Crippen molar-refractivity contribution in [1.29, 1.82) is 5.26 Å². The van der Waals surface area contributed by atoms with E-state index < -0.39 is 0 Å². The molecule has 0 saturated heterocycles. The van der Waals surface area contributed by atoms with Gasteiger partial charge in [0.15, 0.2) is 6.61 Å². The molecule has 1 aromatic heterocycles. The van der Waals surface area contributed by atoms with Gasteiger partial charge in [0.05, 0.1) is 17.3 Å². The first kappa shape index (κ1) is 16.3. The molecule has 0 atom stereocenters. The molecule has 0 radical (unpaired) electrons. The summed E-state index contributed by atoms with van der Waals surface area (Å²) in [5, 5.41) is 12.8. The first-order valence-electron chi connectivity index (χ1n) is 7.12. The summed E-state index contributed by atoms with van der Waals surface area (Å²) in [6, 6.07) is 8.57. The van der Waals surface area contributed by atoms with E-state index >= 15 is 0 Å². The standard InChI is InChI=1S/C17H18N4O2/c1-11-9-19-12(2)17(11)13(3)20-21-16(22)10-23-15-6-4-14(8-18)5-7-15/h4-7,9,19H,10H2,1-3H3,(H,21,22)/b20-13+. The number of carbonyl (C=O) groups excluding carboxylic acids is 1. The lowest BCUT2D eigenvalue weighted by molar-refractivity contribution is -0.123. The van der Waals surface area contributed by atoms with Crippen LogP contribution in [0.15, 0.2) is 35.6 Å². The lowest BCUT2D eigenvalue weighted by Crippen LogP contribution is -2.25. The van der Waals surface area contributed by atoms with Gasteiger partial charge in [-0.05, 0) is 50.6 Å². The zero-order valence-corrected chi connectivity index (χ0v) is 13.3. The molecule has 0 bridgehead atoms. The third kappa shape index (κ3) is 4.20. The summed E-state index contributed by atoms with van der Waals surface area (Å²) in [7, 11) is 0. The molecule has 23 heavy (non-hydrogen) atoms. The molecule has 0 spiro atoms. The average Bonchev–Trinajstić information content (AvgIpc) is 2.90. The van der Waals surface area contributed by atoms with Gasteiger partial charge in [0.25, 0.3) is 5.91 Å². The van der Waals surface area contributed by atoms with E-state index in [1.807, 2.05) is 33.0 Å². The number of benzene rings is 1. The summed E-state index contributed by atoms with van der Waals surface area (Å²) in [6.07, 6.45) is 1.90. The lowest BCUT2D eigenvalue weighted by atomic mass is 10.1. The zero-order valence-electron chi connectivity index (χ0n) is 13.3. The third-order valence-corrected chi connectivity index (χ3v) is 3.34. The number of rotatable bonds is 5. The number of H-pyrrole nitrogens is 1. The molecule has 6 nitrogen and oxygen atoms in total. The maximum absolute atomic E-state index is 11.8. The van der Waals surface area contributed by atoms with Crippen LogP contribution in [0.25, 0.3) is 0 Å². The van der Waals surface area contributed by atoms with E-state index in [-0.39, 0.29) is 12.5 Å². The summed E-state index contributed by atoms with van der Waals surface area (Å²) in [5.41, 5.74) is 6.83. The summed E-state index contributed by atoms with van der Waals surface area (Å²) < 4.78 is 5.34. The number of aryl methyl sites for hydroxylation is 2. The molecule has 1 amide bonds. The van der Waals surface area contributed by atoms with Crippen molar-refractivity contribution in [2.45, 2.75) is 20.8 Å². The number of hydrogen-bond acceptors (Lipinski definition) is 4. The van der Waals surface area contributed by atoms with Crippen LogP contribution in [0.1, 0.15) is 29.3 Å². The number of nitrogens with zero attached hydrogens (tertiary/aromatic N) is 2. The molecular formula is C17H18N4O2. The van der Waals surface area contributed by atoms with Crippen molar-refractivity contribution in [3.8, 4) is 11.8 Å². The van der Waals surface area contributed by atoms with E-state index in [4.69, 9.17) is 10.00 Å². The van der Waals surface area contributed by atoms with Gasteiger partial charge >= 0.3 is 0 Å². The molecule has 0 aliphatic heterocycles. The van der Waals surface area contributed by atoms with Crippen LogP contribution in [0.3, 0.4) is 0 Å². The largest absolute Gasteiger partial charge is 0.484 e. The van der Waals surface area contributed by atoms with E-state index in [1.54, 1.807) is 24.3 Å². The van der Waals surface area contributed by atoms with Crippen molar-refractivity contribution in [2.24, 2.45) is 5.10 Å². The number of nitrogens with one attached hydrogen (secondary N) is 2. The predicted molar refractivity (Wildman–Crippen MR) is 87.3 cm³/mol. The number of hydrazone groups is 1. The Bertz CT molecular complexity index is 747. The van der Waals surface area contributed by atoms with Gasteiger partial charge < -0.3 is 9.72 Å². The summed E-state index contributed by atoms with van der Waals surface area (Å²) >= 11 is 0. The molecule has 0 aliphatic rings. The summed E-state index contributed by atoms with van der Waals surface area (Å²) in [6.45, 7) is 5.63. The molecule has 6 heteroatoms. The van der Waals surface area contributed by atoms with E-state index in [2.05, 4.69) is 15.5 Å². The van der Waals surface area contributed by atoms with Gasteiger partial charge in [-0.1, -0.05) is 0 Å². The SMILES string of the molecule is C/C(=N\NC(=O)COc1ccc(C#N)cc1)c1c(C)c[nH]c1C. The molecule has 1 heterocycles. The van der Waals surface area contributed by atoms with Crippen LogP contribution < -0.4 is 10.2 Å². The van der Waals surface area contributed by atoms with Gasteiger partial charge in [0.1, 0.15) is 5.75 Å². The van der Waals surface area contributed by atoms with Crippen molar-refractivity contribution >= 4 is 11.6 Å². The Hall–Kier alpha value is -3.07. The van der Waals surface area contributed by atoms with Gasteiger partial charge in [-0.25, -0.2) is 5.43 Å². The number of ether oxygens (including phenoxy) is 1. The highest BCUT2D eigenvalue weighted by atomic mass is 16.5. The number of carbonyl (C=O) groups is 1. The summed E-state index contributed by atoms with van der Waals surface area (Å²) in [4.78, 5) is 14.9. The van der Waals surface area contributed by atoms with Crippen LogP contribution in [0.5, 0.6) is 5.75 Å². The summed E-state index contributed by atoms with van der Waals surface area (Å²) in [5.74, 6) is 0.178. The molecule has 118 valence electrons. The fourth-order valence-corrected chi connectivity index (χ4v) is 2.22. The van der Waals surface area contributed by atoms with Gasteiger partial charge in [-0.3, -0.25) is 4.79 Å². The Labute approximate surface area is 134 Å². The van der Waals surface area contributed by atoms with Gasteiger partial charge in [-0.2, -0.15) is 10.4 Å². The highest BCUT2D eigenvalue weighted by molar-refractivity contribution is 6.01. The number of aromatic amines is 1. The normalized spacial score (nSPS) is 11.0. The first-order chi connectivity index (χ1) is 11.0. The Morgan fingerprint density at radius 3 is 2.61 bits per heavy atom. The Morgan fingerprint density at radius 1 is 1.35 bits per heavy atom. The van der Waals surface area contributed by atoms with Crippen LogP contribution >= 0.6 is 0 Å². The van der Waals surface area contributed by atoms with E-state index in [0.29, 0.717) is 11.3 Å². The zero-order chi connectivity index (χ0) is 16.8.